The van der Waals surface area contributed by atoms with E-state index >= 15 is 0 Å². The Kier molecular flexibility index (Phi) is 3.69. The molecule has 2 rings (SSSR count). The maximum Gasteiger partial charge on any atom is 0.144 e. The lowest BCUT2D eigenvalue weighted by Gasteiger charge is -2.36. The molecule has 1 aromatic rings. The minimum atomic E-state index is 0.488. The lowest BCUT2D eigenvalue weighted by molar-refractivity contribution is 0.124. The Morgan fingerprint density at radius 1 is 1.29 bits per heavy atom. The summed E-state index contributed by atoms with van der Waals surface area (Å²) in [6.07, 6.45) is 2.49. The molecular formula is C13H20ClN3. The van der Waals surface area contributed by atoms with Gasteiger partial charge in [-0.05, 0) is 44.3 Å². The largest absolute Gasteiger partial charge is 0.296 e. The van der Waals surface area contributed by atoms with Crippen molar-refractivity contribution in [2.75, 3.05) is 13.1 Å². The molecule has 1 aromatic heterocycles. The third-order valence-electron chi connectivity index (χ3n) is 3.44. The van der Waals surface area contributed by atoms with E-state index in [2.05, 4.69) is 28.7 Å². The first-order chi connectivity index (χ1) is 7.94. The number of piperidine rings is 1. The Balaban J connectivity index is 1.97. The second-order valence-electron chi connectivity index (χ2n) is 5.69. The fourth-order valence-corrected chi connectivity index (χ4v) is 2.43. The van der Waals surface area contributed by atoms with E-state index in [9.17, 15) is 0 Å². The Bertz CT molecular complexity index is 373. The van der Waals surface area contributed by atoms with Gasteiger partial charge in [-0.25, -0.2) is 9.97 Å². The summed E-state index contributed by atoms with van der Waals surface area (Å²) >= 11 is 5.94. The van der Waals surface area contributed by atoms with Crippen LogP contribution in [0, 0.1) is 12.3 Å². The molecule has 0 spiro atoms. The van der Waals surface area contributed by atoms with Gasteiger partial charge in [-0.1, -0.05) is 25.4 Å². The highest BCUT2D eigenvalue weighted by Gasteiger charge is 2.25. The van der Waals surface area contributed by atoms with Crippen molar-refractivity contribution >= 4 is 11.6 Å². The minimum Gasteiger partial charge on any atom is -0.296 e. The summed E-state index contributed by atoms with van der Waals surface area (Å²) in [7, 11) is 0. The van der Waals surface area contributed by atoms with E-state index in [0.29, 0.717) is 10.6 Å². The quantitative estimate of drug-likeness (QED) is 0.759. The van der Waals surface area contributed by atoms with E-state index in [0.717, 1.165) is 31.2 Å². The van der Waals surface area contributed by atoms with E-state index in [1.165, 1.54) is 12.8 Å². The van der Waals surface area contributed by atoms with E-state index in [1.807, 2.05) is 6.92 Å². The molecule has 0 N–H and O–H groups in total. The third kappa shape index (κ3) is 3.65. The number of aromatic nitrogens is 2. The molecule has 1 aliphatic heterocycles. The first-order valence-corrected chi connectivity index (χ1v) is 6.55. The molecule has 0 saturated carbocycles. The van der Waals surface area contributed by atoms with Crippen LogP contribution in [-0.4, -0.2) is 28.0 Å². The normalized spacial score (nSPS) is 20.5. The van der Waals surface area contributed by atoms with Gasteiger partial charge in [0.25, 0.3) is 0 Å². The number of aryl methyl sites for hydroxylation is 1. The summed E-state index contributed by atoms with van der Waals surface area (Å²) in [5.74, 6) is 0.842. The zero-order chi connectivity index (χ0) is 12.5. The van der Waals surface area contributed by atoms with E-state index in [1.54, 1.807) is 6.07 Å². The van der Waals surface area contributed by atoms with Crippen molar-refractivity contribution in [3.05, 3.63) is 22.7 Å². The second-order valence-corrected chi connectivity index (χ2v) is 6.08. The van der Waals surface area contributed by atoms with Gasteiger partial charge in [-0.2, -0.15) is 0 Å². The highest BCUT2D eigenvalue weighted by atomic mass is 35.5. The fraction of sp³-hybridized carbons (Fsp3) is 0.692. The van der Waals surface area contributed by atoms with Gasteiger partial charge in [0.05, 0.1) is 6.54 Å². The molecule has 2 heterocycles. The summed E-state index contributed by atoms with van der Waals surface area (Å²) in [4.78, 5) is 11.1. The maximum atomic E-state index is 5.94. The second kappa shape index (κ2) is 4.91. The molecule has 0 atom stereocenters. The molecule has 4 heteroatoms. The molecule has 0 bridgehead atoms. The topological polar surface area (TPSA) is 29.0 Å². The molecule has 0 radical (unpaired) electrons. The van der Waals surface area contributed by atoms with Crippen LogP contribution in [0.2, 0.25) is 5.15 Å². The van der Waals surface area contributed by atoms with Crippen LogP contribution in [-0.2, 0) is 6.54 Å². The molecule has 3 nitrogen and oxygen atoms in total. The van der Waals surface area contributed by atoms with Crippen molar-refractivity contribution in [1.82, 2.24) is 14.9 Å². The van der Waals surface area contributed by atoms with Crippen molar-refractivity contribution < 1.29 is 0 Å². The first-order valence-electron chi connectivity index (χ1n) is 6.17. The monoisotopic (exact) mass is 253 g/mol. The average molecular weight is 254 g/mol. The van der Waals surface area contributed by atoms with E-state index < -0.39 is 0 Å². The van der Waals surface area contributed by atoms with Crippen LogP contribution in [0.1, 0.15) is 38.2 Å². The zero-order valence-electron chi connectivity index (χ0n) is 10.8. The van der Waals surface area contributed by atoms with Crippen molar-refractivity contribution in [3.63, 3.8) is 0 Å². The highest BCUT2D eigenvalue weighted by molar-refractivity contribution is 6.29. The molecule has 0 amide bonds. The van der Waals surface area contributed by atoms with Crippen molar-refractivity contribution in [3.8, 4) is 0 Å². The zero-order valence-corrected chi connectivity index (χ0v) is 11.6. The van der Waals surface area contributed by atoms with Gasteiger partial charge in [0.2, 0.25) is 0 Å². The van der Waals surface area contributed by atoms with Crippen LogP contribution in [0.4, 0.5) is 0 Å². The molecule has 1 fully saturated rings. The molecule has 1 aliphatic rings. The van der Waals surface area contributed by atoms with Gasteiger partial charge in [-0.3, -0.25) is 4.90 Å². The lowest BCUT2D eigenvalue weighted by Crippen LogP contribution is -2.37. The molecule has 1 saturated heterocycles. The smallest absolute Gasteiger partial charge is 0.144 e. The van der Waals surface area contributed by atoms with Crippen molar-refractivity contribution in [2.24, 2.45) is 5.41 Å². The number of halogens is 1. The number of hydrogen-bond donors (Lipinski definition) is 0. The van der Waals surface area contributed by atoms with Crippen LogP contribution in [0.15, 0.2) is 6.07 Å². The SMILES string of the molecule is Cc1cc(Cl)nc(CN2CCC(C)(C)CC2)n1. The molecule has 0 aliphatic carbocycles. The van der Waals surface area contributed by atoms with E-state index in [4.69, 9.17) is 11.6 Å². The number of rotatable bonds is 2. The summed E-state index contributed by atoms with van der Waals surface area (Å²) in [5.41, 5.74) is 1.43. The van der Waals surface area contributed by atoms with Crippen LogP contribution >= 0.6 is 11.6 Å². The number of likely N-dealkylation sites (tertiary alicyclic amines) is 1. The van der Waals surface area contributed by atoms with Gasteiger partial charge < -0.3 is 0 Å². The highest BCUT2D eigenvalue weighted by Crippen LogP contribution is 2.30. The molecule has 17 heavy (non-hydrogen) atoms. The number of nitrogens with zero attached hydrogens (tertiary/aromatic N) is 3. The Labute approximate surface area is 108 Å². The Morgan fingerprint density at radius 3 is 2.53 bits per heavy atom. The first kappa shape index (κ1) is 12.8. The Morgan fingerprint density at radius 2 is 1.94 bits per heavy atom. The van der Waals surface area contributed by atoms with Crippen LogP contribution in [0.25, 0.3) is 0 Å². The standard InChI is InChI=1S/C13H20ClN3/c1-10-8-11(14)16-12(15-10)9-17-6-4-13(2,3)5-7-17/h8H,4-7,9H2,1-3H3. The van der Waals surface area contributed by atoms with Crippen molar-refractivity contribution in [1.29, 1.82) is 0 Å². The van der Waals surface area contributed by atoms with Gasteiger partial charge >= 0.3 is 0 Å². The average Bonchev–Trinajstić information content (AvgIpc) is 2.20. The minimum absolute atomic E-state index is 0.488. The van der Waals surface area contributed by atoms with Crippen LogP contribution in [0.5, 0.6) is 0 Å². The van der Waals surface area contributed by atoms with Crippen molar-refractivity contribution in [2.45, 2.75) is 40.2 Å². The summed E-state index contributed by atoms with van der Waals surface area (Å²) in [6, 6.07) is 1.80. The fourth-order valence-electron chi connectivity index (χ4n) is 2.18. The summed E-state index contributed by atoms with van der Waals surface area (Å²) < 4.78 is 0. The summed E-state index contributed by atoms with van der Waals surface area (Å²) in [6.45, 7) is 9.70. The lowest BCUT2D eigenvalue weighted by atomic mass is 9.83. The van der Waals surface area contributed by atoms with Crippen LogP contribution in [0.3, 0.4) is 0 Å². The van der Waals surface area contributed by atoms with E-state index in [-0.39, 0.29) is 0 Å². The molecule has 0 unspecified atom stereocenters. The molecular weight excluding hydrogens is 234 g/mol. The predicted octanol–water partition coefficient (Wildman–Crippen LogP) is 3.06. The van der Waals surface area contributed by atoms with Gasteiger partial charge in [-0.15, -0.1) is 0 Å². The summed E-state index contributed by atoms with van der Waals surface area (Å²) in [5, 5.41) is 0.546. The maximum absolute atomic E-state index is 5.94. The number of hydrogen-bond acceptors (Lipinski definition) is 3. The molecule has 0 aromatic carbocycles. The Hall–Kier alpha value is -0.670. The predicted molar refractivity (Wildman–Crippen MR) is 70.1 cm³/mol. The van der Waals surface area contributed by atoms with Gasteiger partial charge in [0.15, 0.2) is 0 Å². The van der Waals surface area contributed by atoms with Gasteiger partial charge in [0.1, 0.15) is 11.0 Å². The van der Waals surface area contributed by atoms with Gasteiger partial charge in [0, 0.05) is 5.69 Å². The molecule has 94 valence electrons. The third-order valence-corrected chi connectivity index (χ3v) is 3.64. The van der Waals surface area contributed by atoms with Crippen LogP contribution < -0.4 is 0 Å².